The number of amides is 2. The van der Waals surface area contributed by atoms with Crippen LogP contribution >= 0.6 is 0 Å². The average molecular weight is 278 g/mol. The molecule has 1 aromatic rings. The van der Waals surface area contributed by atoms with Crippen LogP contribution in [0.15, 0.2) is 30.3 Å². The predicted molar refractivity (Wildman–Crippen MR) is 72.3 cm³/mol. The normalized spacial score (nSPS) is 20.2. The molecule has 0 spiro atoms. The van der Waals surface area contributed by atoms with Gasteiger partial charge in [-0.25, -0.2) is 9.59 Å². The van der Waals surface area contributed by atoms with E-state index in [1.165, 1.54) is 0 Å². The number of nitrogens with zero attached hydrogens (tertiary/aromatic N) is 1. The maximum Gasteiger partial charge on any atom is 0.330 e. The first kappa shape index (κ1) is 14.3. The van der Waals surface area contributed by atoms with Crippen molar-refractivity contribution in [1.82, 2.24) is 10.2 Å². The van der Waals surface area contributed by atoms with Crippen LogP contribution in [-0.4, -0.2) is 47.8 Å². The minimum atomic E-state index is -1.08. The van der Waals surface area contributed by atoms with Gasteiger partial charge in [0.25, 0.3) is 0 Å². The smallest absolute Gasteiger partial charge is 0.330 e. The van der Waals surface area contributed by atoms with Crippen molar-refractivity contribution in [1.29, 1.82) is 0 Å². The SMILES string of the molecule is CC1COCCN1C(=O)NC(C(=O)O)c1ccccc1. The van der Waals surface area contributed by atoms with Crippen molar-refractivity contribution in [3.63, 3.8) is 0 Å². The largest absolute Gasteiger partial charge is 0.479 e. The first-order valence-corrected chi connectivity index (χ1v) is 6.52. The molecule has 0 radical (unpaired) electrons. The maximum atomic E-state index is 12.2. The number of ether oxygens (including phenoxy) is 1. The van der Waals surface area contributed by atoms with Crippen LogP contribution in [0.5, 0.6) is 0 Å². The molecule has 2 amide bonds. The van der Waals surface area contributed by atoms with Crippen molar-refractivity contribution >= 4 is 12.0 Å². The Balaban J connectivity index is 2.08. The van der Waals surface area contributed by atoms with Crippen LogP contribution < -0.4 is 5.32 Å². The molecule has 2 atom stereocenters. The molecule has 1 heterocycles. The van der Waals surface area contributed by atoms with Crippen LogP contribution in [0.3, 0.4) is 0 Å². The number of carboxylic acids is 1. The maximum absolute atomic E-state index is 12.2. The molecule has 0 aliphatic carbocycles. The summed E-state index contributed by atoms with van der Waals surface area (Å²) >= 11 is 0. The van der Waals surface area contributed by atoms with E-state index in [2.05, 4.69) is 5.32 Å². The highest BCUT2D eigenvalue weighted by atomic mass is 16.5. The van der Waals surface area contributed by atoms with E-state index in [0.717, 1.165) is 0 Å². The molecule has 0 saturated carbocycles. The van der Waals surface area contributed by atoms with Gasteiger partial charge in [0.15, 0.2) is 6.04 Å². The third kappa shape index (κ3) is 3.27. The van der Waals surface area contributed by atoms with Crippen LogP contribution in [0.4, 0.5) is 4.79 Å². The number of morpholine rings is 1. The van der Waals surface area contributed by atoms with E-state index < -0.39 is 12.0 Å². The van der Waals surface area contributed by atoms with Crippen molar-refractivity contribution in [2.75, 3.05) is 19.8 Å². The van der Waals surface area contributed by atoms with E-state index in [1.807, 2.05) is 6.92 Å². The highest BCUT2D eigenvalue weighted by Crippen LogP contribution is 2.14. The van der Waals surface area contributed by atoms with Gasteiger partial charge in [-0.1, -0.05) is 30.3 Å². The van der Waals surface area contributed by atoms with E-state index in [0.29, 0.717) is 25.3 Å². The Morgan fingerprint density at radius 2 is 2.10 bits per heavy atom. The first-order valence-electron chi connectivity index (χ1n) is 6.52. The van der Waals surface area contributed by atoms with Crippen molar-refractivity contribution in [3.8, 4) is 0 Å². The molecule has 20 heavy (non-hydrogen) atoms. The van der Waals surface area contributed by atoms with Crippen molar-refractivity contribution in [3.05, 3.63) is 35.9 Å². The lowest BCUT2D eigenvalue weighted by Gasteiger charge is -2.34. The van der Waals surface area contributed by atoms with Gasteiger partial charge in [-0.2, -0.15) is 0 Å². The third-order valence-corrected chi connectivity index (χ3v) is 3.28. The standard InChI is InChI=1S/C14H18N2O4/c1-10-9-20-8-7-16(10)14(19)15-12(13(17)18)11-5-3-2-4-6-11/h2-6,10,12H,7-9H2,1H3,(H,15,19)(H,17,18). The zero-order valence-electron chi connectivity index (χ0n) is 11.3. The Morgan fingerprint density at radius 3 is 2.70 bits per heavy atom. The molecule has 2 rings (SSSR count). The third-order valence-electron chi connectivity index (χ3n) is 3.28. The van der Waals surface area contributed by atoms with E-state index >= 15 is 0 Å². The molecule has 1 aliphatic rings. The summed E-state index contributed by atoms with van der Waals surface area (Å²) < 4.78 is 5.26. The second-order valence-electron chi connectivity index (χ2n) is 4.75. The number of nitrogens with one attached hydrogen (secondary N) is 1. The number of benzene rings is 1. The fourth-order valence-electron chi connectivity index (χ4n) is 2.17. The number of hydrogen-bond acceptors (Lipinski definition) is 3. The minimum absolute atomic E-state index is 0.0611. The Labute approximate surface area is 117 Å². The molecule has 6 nitrogen and oxygen atoms in total. The number of carbonyl (C=O) groups is 2. The molecule has 1 saturated heterocycles. The summed E-state index contributed by atoms with van der Waals surface area (Å²) in [7, 11) is 0. The van der Waals surface area contributed by atoms with E-state index in [-0.39, 0.29) is 12.1 Å². The summed E-state index contributed by atoms with van der Waals surface area (Å²) in [5.74, 6) is -1.08. The van der Waals surface area contributed by atoms with Crippen molar-refractivity contribution < 1.29 is 19.4 Å². The fraction of sp³-hybridized carbons (Fsp3) is 0.429. The number of carbonyl (C=O) groups excluding carboxylic acids is 1. The topological polar surface area (TPSA) is 78.9 Å². The number of carboxylic acid groups (broad SMARTS) is 1. The molecule has 0 bridgehead atoms. The summed E-state index contributed by atoms with van der Waals surface area (Å²) in [4.78, 5) is 25.1. The van der Waals surface area contributed by atoms with Gasteiger partial charge in [0.05, 0.1) is 19.3 Å². The molecular weight excluding hydrogens is 260 g/mol. The van der Waals surface area contributed by atoms with Gasteiger partial charge < -0.3 is 20.1 Å². The molecule has 6 heteroatoms. The van der Waals surface area contributed by atoms with Gasteiger partial charge >= 0.3 is 12.0 Å². The van der Waals surface area contributed by atoms with Gasteiger partial charge in [-0.15, -0.1) is 0 Å². The van der Waals surface area contributed by atoms with Crippen molar-refractivity contribution in [2.24, 2.45) is 0 Å². The molecular formula is C14H18N2O4. The van der Waals surface area contributed by atoms with Crippen molar-refractivity contribution in [2.45, 2.75) is 19.0 Å². The van der Waals surface area contributed by atoms with Crippen LogP contribution in [0.1, 0.15) is 18.5 Å². The van der Waals surface area contributed by atoms with Gasteiger partial charge in [0.2, 0.25) is 0 Å². The number of urea groups is 1. The van der Waals surface area contributed by atoms with E-state index in [4.69, 9.17) is 4.74 Å². The highest BCUT2D eigenvalue weighted by molar-refractivity contribution is 5.83. The lowest BCUT2D eigenvalue weighted by Crippen LogP contribution is -2.52. The minimum Gasteiger partial charge on any atom is -0.479 e. The predicted octanol–water partition coefficient (Wildman–Crippen LogP) is 1.24. The Bertz CT molecular complexity index is 477. The van der Waals surface area contributed by atoms with Gasteiger partial charge in [0.1, 0.15) is 0 Å². The van der Waals surface area contributed by atoms with Crippen LogP contribution in [0, 0.1) is 0 Å². The lowest BCUT2D eigenvalue weighted by molar-refractivity contribution is -0.139. The second-order valence-corrected chi connectivity index (χ2v) is 4.75. The lowest BCUT2D eigenvalue weighted by atomic mass is 10.1. The van der Waals surface area contributed by atoms with E-state index in [1.54, 1.807) is 35.2 Å². The number of rotatable bonds is 3. The van der Waals surface area contributed by atoms with Gasteiger partial charge in [0, 0.05) is 6.54 Å². The van der Waals surface area contributed by atoms with Gasteiger partial charge in [-0.05, 0) is 12.5 Å². The zero-order valence-corrected chi connectivity index (χ0v) is 11.3. The Morgan fingerprint density at radius 1 is 1.40 bits per heavy atom. The number of hydrogen-bond donors (Lipinski definition) is 2. The fourth-order valence-corrected chi connectivity index (χ4v) is 2.17. The Kier molecular flexibility index (Phi) is 4.57. The molecule has 2 N–H and O–H groups in total. The first-order chi connectivity index (χ1) is 9.59. The highest BCUT2D eigenvalue weighted by Gasteiger charge is 2.28. The van der Waals surface area contributed by atoms with Crippen LogP contribution in [0.2, 0.25) is 0 Å². The summed E-state index contributed by atoms with van der Waals surface area (Å²) in [6.45, 7) is 3.28. The molecule has 1 fully saturated rings. The van der Waals surface area contributed by atoms with E-state index in [9.17, 15) is 14.7 Å². The summed E-state index contributed by atoms with van der Waals surface area (Å²) in [5.41, 5.74) is 0.550. The zero-order chi connectivity index (χ0) is 14.5. The number of aliphatic carboxylic acids is 1. The molecule has 1 aromatic carbocycles. The monoisotopic (exact) mass is 278 g/mol. The van der Waals surface area contributed by atoms with Crippen LogP contribution in [-0.2, 0) is 9.53 Å². The average Bonchev–Trinajstić information content (AvgIpc) is 2.45. The summed E-state index contributed by atoms with van der Waals surface area (Å²) in [6.07, 6.45) is 0. The Hall–Kier alpha value is -2.08. The molecule has 0 aromatic heterocycles. The molecule has 1 aliphatic heterocycles. The summed E-state index contributed by atoms with van der Waals surface area (Å²) in [5, 5.41) is 11.8. The summed E-state index contributed by atoms with van der Waals surface area (Å²) in [6, 6.07) is 7.17. The van der Waals surface area contributed by atoms with Crippen LogP contribution in [0.25, 0.3) is 0 Å². The molecule has 2 unspecified atom stereocenters. The molecule has 108 valence electrons. The second kappa shape index (κ2) is 6.38. The quantitative estimate of drug-likeness (QED) is 0.872. The van der Waals surface area contributed by atoms with Gasteiger partial charge in [-0.3, -0.25) is 0 Å².